The molecule has 105 heavy (non-hydrogen) atoms. The molecule has 0 saturated carbocycles. The molecule has 13 aromatic carbocycles. The molecule has 8 heteroatoms. The van der Waals surface area contributed by atoms with Gasteiger partial charge in [-0.25, -0.2) is 4.98 Å². The third-order valence-corrected chi connectivity index (χ3v) is 27.0. The van der Waals surface area contributed by atoms with E-state index in [2.05, 4.69) is 24.5 Å². The van der Waals surface area contributed by atoms with Gasteiger partial charge in [0.1, 0.15) is 5.82 Å². The fourth-order valence-electron chi connectivity index (χ4n) is 13.4. The van der Waals surface area contributed by atoms with Crippen LogP contribution in [0, 0.1) is 25.3 Å². The first-order valence-electron chi connectivity index (χ1n) is 52.1. The molecule has 16 rings (SSSR count). The Morgan fingerprint density at radius 3 is 1.38 bits per heavy atom. The predicted octanol–water partition coefficient (Wildman–Crippen LogP) is 17.9. The van der Waals surface area contributed by atoms with Crippen molar-refractivity contribution >= 4 is 90.5 Å². The number of hydrogen-bond donors (Lipinski definition) is 0. The third-order valence-electron chi connectivity index (χ3n) is 18.6. The van der Waals surface area contributed by atoms with Crippen molar-refractivity contribution in [2.24, 2.45) is 0 Å². The van der Waals surface area contributed by atoms with Gasteiger partial charge in [-0.3, -0.25) is 4.57 Å². The van der Waals surface area contributed by atoms with Crippen LogP contribution in [0.25, 0.3) is 72.3 Å². The number of fused-ring (bicyclic) bond motifs is 4. The van der Waals surface area contributed by atoms with Crippen LogP contribution in [0.2, 0.25) is 0 Å². The summed E-state index contributed by atoms with van der Waals surface area (Å²) in [6, 6.07) is -5.72. The minimum atomic E-state index is -6.98. The fourth-order valence-corrected chi connectivity index (χ4v) is 21.6. The zero-order valence-corrected chi connectivity index (χ0v) is 62.3. The molecule has 3 aromatic heterocycles. The van der Waals surface area contributed by atoms with E-state index < -0.39 is 309 Å². The van der Waals surface area contributed by atoms with Gasteiger partial charge in [0.2, 0.25) is 0 Å². The van der Waals surface area contributed by atoms with Crippen LogP contribution in [0.3, 0.4) is 0 Å². The molecule has 3 heterocycles. The van der Waals surface area contributed by atoms with E-state index in [-0.39, 0.29) is 71.7 Å². The Bertz CT molecular complexity index is 7410. The number of nitrogens with zero attached hydrogens (tertiary/aromatic N) is 4. The molecule has 0 aliphatic heterocycles. The van der Waals surface area contributed by atoms with Crippen LogP contribution in [0.4, 0.5) is 0 Å². The van der Waals surface area contributed by atoms with E-state index in [1.54, 1.807) is 53.1 Å². The summed E-state index contributed by atoms with van der Waals surface area (Å²) in [4.78, 5) is 4.72. The van der Waals surface area contributed by atoms with Crippen LogP contribution < -0.4 is 50.8 Å². The van der Waals surface area contributed by atoms with Crippen LogP contribution in [0.15, 0.2) is 327 Å². The first kappa shape index (κ1) is 38.3. The number of benzene rings is 13. The van der Waals surface area contributed by atoms with Crippen LogP contribution in [0.5, 0.6) is 11.5 Å². The maximum absolute atomic E-state index is 10.6. The maximum atomic E-state index is 10.6. The second-order valence-corrected chi connectivity index (χ2v) is 35.0. The standard InChI is InChI=1S/C97H84N4OSi2.Pt/c1-68-57-93(98-66-86(68)69-35-18-11-19-36-69)101-87-52-33-32-51-84(87)85-55-54-77(65-89(85)101)102-76-38-34-37-75(64-76)99-67-100(88-56-53-70(60-90(88)99)71-58-72(95(2,3)4)61-73(59-71)96(5,6)7)94-91(103(78-39-20-12-21-40-78,79-41-22-13-23-42-79)80-43-24-14-25-44-80)62-74(97(8,9)10)63-92(94)104(81-45-26-15-27-46-81,82-47-28-16-29-48-82)83-49-30-17-31-50-83;/h11-63,66H,1-10H3;/q-2;/i1D3,11D,12D,13D,14D,15D,16D,17D,18D,19D,20D,21D,22D,23D,24D,25D,26D,27D,28D,29D,30D,31D,35D,36D,39D,40D,41D,42D,43D,44D,45D,46D,47D,48D,49D,50D;. The Kier molecular flexibility index (Phi) is 10.2. The van der Waals surface area contributed by atoms with Gasteiger partial charge in [-0.1, -0.05) is 340 Å². The fraction of sp³-hybridized carbons (Fsp3) is 0.134. The Morgan fingerprint density at radius 2 is 0.895 bits per heavy atom. The summed E-state index contributed by atoms with van der Waals surface area (Å²) < 4.78 is 383. The van der Waals surface area contributed by atoms with E-state index in [0.717, 1.165) is 21.9 Å². The van der Waals surface area contributed by atoms with Gasteiger partial charge >= 0.3 is 0 Å². The zero-order chi connectivity index (χ0) is 104. The molecular weight excluding hydrogens is 1490 g/mol. The van der Waals surface area contributed by atoms with Crippen LogP contribution in [-0.4, -0.2) is 30.3 Å². The first-order valence-corrected chi connectivity index (χ1v) is 37.1. The molecule has 0 unspecified atom stereocenters. The number of ether oxygens (including phenoxy) is 1. The van der Waals surface area contributed by atoms with E-state index in [9.17, 15) is 41.1 Å². The number of pyridine rings is 1. The van der Waals surface area contributed by atoms with Crippen molar-refractivity contribution in [3.63, 3.8) is 0 Å². The SMILES string of the molecule is [2H]c1c([2H])c([2H])c(-c2cnc(-n3c4[c-]c(Oc5[c-]c(-n6[c-][n+](-c7c([Si](c8c([2H])c([2H])c([2H])c([2H])c8[2H])(c8c([2H])c([2H])c([2H])c([2H])c8[2H])c8c([2H])c([2H])c([2H])c([2H])c8[2H])cc(C(C)(C)C)cc7[Si](c7c([2H])c([2H])c([2H])c([2H])c7[2H])(c7c([2H])c([2H])c([2H])c([2H])c7[2H])c7c([2H])c([2H])c([2H])c([2H])c7[2H])c7ccc(-c8cc(C(C)(C)C)cc(C(C)(C)C)c8)cc76)ccc5)ccc4c4ccccc43)cc2C([2H])([2H])[2H])c([2H])c1[2H].[Pt]. The molecular formula is C97H84N4OPtSi2-2. The quantitative estimate of drug-likeness (QED) is 0.0444. The van der Waals surface area contributed by atoms with Crippen LogP contribution in [0.1, 0.15) is 137 Å². The largest absolute Gasteiger partial charge is 0.510 e. The van der Waals surface area contributed by atoms with Crippen molar-refractivity contribution < 1.29 is 82.5 Å². The van der Waals surface area contributed by atoms with Gasteiger partial charge in [-0.2, -0.15) is 18.2 Å². The van der Waals surface area contributed by atoms with E-state index in [0.29, 0.717) is 27.4 Å². The van der Waals surface area contributed by atoms with Gasteiger partial charge in [0.05, 0.1) is 64.7 Å². The topological polar surface area (TPSA) is 35.9 Å². The minimum Gasteiger partial charge on any atom is -0.510 e. The second-order valence-electron chi connectivity index (χ2n) is 28.0. The van der Waals surface area contributed by atoms with Crippen LogP contribution in [-0.2, 0) is 37.3 Å². The minimum absolute atomic E-state index is 0. The predicted molar refractivity (Wildman–Crippen MR) is 439 cm³/mol. The molecule has 0 aliphatic rings. The van der Waals surface area contributed by atoms with Crippen molar-refractivity contribution in [2.45, 2.75) is 85.4 Å². The molecule has 0 saturated heterocycles. The van der Waals surface area contributed by atoms with Crippen LogP contribution >= 0.6 is 0 Å². The molecule has 5 nitrogen and oxygen atoms in total. The average Bonchev–Trinajstić information content (AvgIpc) is 0.989. The Balaban J connectivity index is 0.0000154. The van der Waals surface area contributed by atoms with Crippen molar-refractivity contribution in [1.29, 1.82) is 0 Å². The molecule has 0 aliphatic carbocycles. The molecule has 0 amide bonds. The Labute approximate surface area is 688 Å². The molecule has 0 fully saturated rings. The number of aromatic nitrogens is 4. The maximum Gasteiger partial charge on any atom is 0.268 e. The molecule has 0 atom stereocenters. The first-order chi connectivity index (χ1) is 66.1. The summed E-state index contributed by atoms with van der Waals surface area (Å²) >= 11 is 0. The molecule has 0 spiro atoms. The Hall–Kier alpha value is -10.8. The van der Waals surface area contributed by atoms with E-state index in [1.165, 1.54) is 67.8 Å². The summed E-state index contributed by atoms with van der Waals surface area (Å²) in [6.45, 7) is 13.6. The summed E-state index contributed by atoms with van der Waals surface area (Å²) in [6.07, 6.45) is 4.53. The number of para-hydroxylation sites is 1. The molecule has 0 N–H and O–H groups in total. The summed E-state index contributed by atoms with van der Waals surface area (Å²) in [5, 5.41) is -7.51. The van der Waals surface area contributed by atoms with Crippen molar-refractivity contribution in [1.82, 2.24) is 14.1 Å². The molecule has 0 radical (unpaired) electrons. The van der Waals surface area contributed by atoms with Crippen molar-refractivity contribution in [3.05, 3.63) is 368 Å². The Morgan fingerprint density at radius 1 is 0.429 bits per heavy atom. The van der Waals surface area contributed by atoms with Gasteiger partial charge in [-0.15, -0.1) is 29.7 Å². The molecule has 0 bridgehead atoms. The zero-order valence-electron chi connectivity index (χ0n) is 96.0. The van der Waals surface area contributed by atoms with E-state index in [1.807, 2.05) is 53.7 Å². The van der Waals surface area contributed by atoms with E-state index >= 15 is 0 Å². The van der Waals surface area contributed by atoms with Crippen molar-refractivity contribution in [2.75, 3.05) is 0 Å². The number of hydrogen-bond acceptors (Lipinski definition) is 2. The second kappa shape index (κ2) is 28.0. The van der Waals surface area contributed by atoms with Crippen molar-refractivity contribution in [3.8, 4) is 50.9 Å². The smallest absolute Gasteiger partial charge is 0.268 e. The summed E-state index contributed by atoms with van der Waals surface area (Å²) in [5.41, 5.74) is -2.25. The normalized spacial score (nSPS) is 17.4. The van der Waals surface area contributed by atoms with Gasteiger partial charge in [0, 0.05) is 54.0 Å². The number of imidazole rings is 1. The van der Waals surface area contributed by atoms with Gasteiger partial charge in [0.15, 0.2) is 16.1 Å². The van der Waals surface area contributed by atoms with E-state index in [4.69, 9.17) is 20.7 Å². The third kappa shape index (κ3) is 12.7. The molecule has 518 valence electrons. The monoisotopic (exact) mass is 1610 g/mol. The summed E-state index contributed by atoms with van der Waals surface area (Å²) in [5.74, 6) is -0.268. The van der Waals surface area contributed by atoms with Gasteiger partial charge in [-0.05, 0) is 133 Å². The average molecular weight is 1610 g/mol. The molecule has 16 aromatic rings. The van der Waals surface area contributed by atoms with Gasteiger partial charge < -0.3 is 13.9 Å². The number of rotatable bonds is 15. The number of aryl methyl sites for hydroxylation is 1. The van der Waals surface area contributed by atoms with Gasteiger partial charge in [0.25, 0.3) is 6.33 Å². The summed E-state index contributed by atoms with van der Waals surface area (Å²) in [7, 11) is -14.0.